The lowest BCUT2D eigenvalue weighted by molar-refractivity contribution is -0.130. The van der Waals surface area contributed by atoms with Crippen LogP contribution in [-0.4, -0.2) is 24.0 Å². The first-order valence-electron chi connectivity index (χ1n) is 7.18. The number of esters is 1. The van der Waals surface area contributed by atoms with Crippen molar-refractivity contribution in [2.45, 2.75) is 20.0 Å². The van der Waals surface area contributed by atoms with Gasteiger partial charge in [-0.25, -0.2) is 9.59 Å². The fourth-order valence-electron chi connectivity index (χ4n) is 2.18. The maximum absolute atomic E-state index is 12.3. The summed E-state index contributed by atoms with van der Waals surface area (Å²) in [5, 5.41) is 3.82. The van der Waals surface area contributed by atoms with Gasteiger partial charge >= 0.3 is 12.0 Å². The number of hydrogen-bond acceptors (Lipinski definition) is 4. The van der Waals surface area contributed by atoms with Crippen LogP contribution in [0.2, 0.25) is 0 Å². The molecule has 0 radical (unpaired) electrons. The number of carbonyl (C=O) groups excluding carboxylic acids is 3. The van der Waals surface area contributed by atoms with Crippen LogP contribution in [0.5, 0.6) is 0 Å². The Hall–Kier alpha value is -2.89. The molecular weight excluding hydrogens is 296 g/mol. The summed E-state index contributed by atoms with van der Waals surface area (Å²) in [7, 11) is 0. The van der Waals surface area contributed by atoms with Crippen LogP contribution in [-0.2, 0) is 9.53 Å². The number of ether oxygens (including phenoxy) is 1. The van der Waals surface area contributed by atoms with Crippen molar-refractivity contribution < 1.29 is 19.1 Å². The monoisotopic (exact) mass is 314 g/mol. The largest absolute Gasteiger partial charge is 0.448 e. The topological polar surface area (TPSA) is 98.5 Å². The summed E-state index contributed by atoms with van der Waals surface area (Å²) in [4.78, 5) is 34.9. The Morgan fingerprint density at radius 3 is 2.30 bits per heavy atom. The smallest absolute Gasteiger partial charge is 0.338 e. The van der Waals surface area contributed by atoms with Crippen LogP contribution < -0.4 is 11.1 Å². The number of fused-ring (bicyclic) bond motifs is 1. The van der Waals surface area contributed by atoms with Crippen LogP contribution in [0.25, 0.3) is 10.8 Å². The molecule has 0 aromatic heterocycles. The molecule has 0 saturated heterocycles. The first-order valence-corrected chi connectivity index (χ1v) is 7.18. The molecule has 0 saturated carbocycles. The number of amides is 3. The highest BCUT2D eigenvalue weighted by molar-refractivity contribution is 5.99. The normalized spacial score (nSPS) is 12.0. The third-order valence-corrected chi connectivity index (χ3v) is 3.33. The molecule has 6 heteroatoms. The third kappa shape index (κ3) is 4.06. The van der Waals surface area contributed by atoms with Crippen molar-refractivity contribution in [2.24, 2.45) is 11.7 Å². The number of nitrogens with two attached hydrogens (primary N) is 1. The number of carbonyl (C=O) groups is 3. The van der Waals surface area contributed by atoms with Crippen molar-refractivity contribution in [1.29, 1.82) is 0 Å². The Morgan fingerprint density at radius 2 is 1.70 bits per heavy atom. The predicted molar refractivity (Wildman–Crippen MR) is 85.7 cm³/mol. The van der Waals surface area contributed by atoms with Gasteiger partial charge in [0.25, 0.3) is 5.91 Å². The minimum Gasteiger partial charge on any atom is -0.448 e. The molecule has 2 aromatic rings. The van der Waals surface area contributed by atoms with Crippen molar-refractivity contribution in [3.8, 4) is 0 Å². The Labute approximate surface area is 133 Å². The van der Waals surface area contributed by atoms with E-state index in [2.05, 4.69) is 0 Å². The molecule has 6 nitrogen and oxygen atoms in total. The van der Waals surface area contributed by atoms with Crippen molar-refractivity contribution in [1.82, 2.24) is 5.32 Å². The van der Waals surface area contributed by atoms with E-state index in [1.165, 1.54) is 0 Å². The predicted octanol–water partition coefficient (Wildman–Crippen LogP) is 2.22. The molecule has 2 aromatic carbocycles. The standard InChI is InChI=1S/C17H18N2O4/c1-10(2)14(15(20)19-17(18)22)23-16(21)13-8-7-11-5-3-4-6-12(11)9-13/h3-10,14H,1-2H3,(H3,18,19,20,22)/t14-/m1/s1. The van der Waals surface area contributed by atoms with Gasteiger partial charge in [0.15, 0.2) is 6.10 Å². The van der Waals surface area contributed by atoms with Crippen LogP contribution in [0.3, 0.4) is 0 Å². The molecule has 1 atom stereocenters. The number of primary amides is 1. The number of benzene rings is 2. The summed E-state index contributed by atoms with van der Waals surface area (Å²) in [6, 6.07) is 11.7. The van der Waals surface area contributed by atoms with Gasteiger partial charge in [0.05, 0.1) is 5.56 Å². The zero-order valence-corrected chi connectivity index (χ0v) is 12.9. The van der Waals surface area contributed by atoms with E-state index in [4.69, 9.17) is 10.5 Å². The molecule has 0 unspecified atom stereocenters. The summed E-state index contributed by atoms with van der Waals surface area (Å²) in [6.45, 7) is 3.41. The van der Waals surface area contributed by atoms with Gasteiger partial charge in [0.1, 0.15) is 0 Å². The van der Waals surface area contributed by atoms with Crippen molar-refractivity contribution in [3.63, 3.8) is 0 Å². The number of nitrogens with one attached hydrogen (secondary N) is 1. The van der Waals surface area contributed by atoms with Crippen molar-refractivity contribution in [2.75, 3.05) is 0 Å². The van der Waals surface area contributed by atoms with Gasteiger partial charge in [-0.1, -0.05) is 44.2 Å². The third-order valence-electron chi connectivity index (χ3n) is 3.33. The van der Waals surface area contributed by atoms with Crippen LogP contribution in [0, 0.1) is 5.92 Å². The van der Waals surface area contributed by atoms with Gasteiger partial charge < -0.3 is 10.5 Å². The number of rotatable bonds is 4. The summed E-state index contributed by atoms with van der Waals surface area (Å²) in [5.74, 6) is -1.67. The molecule has 3 N–H and O–H groups in total. The number of hydrogen-bond donors (Lipinski definition) is 2. The quantitative estimate of drug-likeness (QED) is 0.845. The molecule has 0 bridgehead atoms. The van der Waals surface area contributed by atoms with Crippen LogP contribution >= 0.6 is 0 Å². The molecule has 0 aliphatic heterocycles. The van der Waals surface area contributed by atoms with E-state index in [0.29, 0.717) is 5.56 Å². The van der Waals surface area contributed by atoms with Gasteiger partial charge in [-0.2, -0.15) is 0 Å². The second kappa shape index (κ2) is 6.91. The van der Waals surface area contributed by atoms with Gasteiger partial charge in [-0.15, -0.1) is 0 Å². The lowest BCUT2D eigenvalue weighted by Crippen LogP contribution is -2.45. The molecule has 0 aliphatic carbocycles. The first kappa shape index (κ1) is 16.5. The van der Waals surface area contributed by atoms with E-state index in [9.17, 15) is 14.4 Å². The lowest BCUT2D eigenvalue weighted by atomic mass is 10.1. The van der Waals surface area contributed by atoms with Gasteiger partial charge in [-0.05, 0) is 28.8 Å². The highest BCUT2D eigenvalue weighted by Gasteiger charge is 2.27. The lowest BCUT2D eigenvalue weighted by Gasteiger charge is -2.19. The molecule has 0 heterocycles. The molecule has 2 rings (SSSR count). The average molecular weight is 314 g/mol. The van der Waals surface area contributed by atoms with Gasteiger partial charge in [0, 0.05) is 0 Å². The first-order chi connectivity index (χ1) is 10.9. The van der Waals surface area contributed by atoms with E-state index in [1.54, 1.807) is 32.0 Å². The van der Waals surface area contributed by atoms with Crippen molar-refractivity contribution >= 4 is 28.7 Å². The molecule has 0 fully saturated rings. The second-order valence-electron chi connectivity index (χ2n) is 5.49. The highest BCUT2D eigenvalue weighted by Crippen LogP contribution is 2.18. The minimum absolute atomic E-state index is 0.307. The van der Waals surface area contributed by atoms with E-state index < -0.39 is 24.0 Å². The number of urea groups is 1. The van der Waals surface area contributed by atoms with Gasteiger partial charge in [0.2, 0.25) is 0 Å². The maximum Gasteiger partial charge on any atom is 0.338 e. The van der Waals surface area contributed by atoms with E-state index >= 15 is 0 Å². The molecular formula is C17H18N2O4. The van der Waals surface area contributed by atoms with E-state index in [1.807, 2.05) is 29.6 Å². The zero-order chi connectivity index (χ0) is 17.0. The molecule has 3 amide bonds. The Morgan fingerprint density at radius 1 is 1.04 bits per heavy atom. The Kier molecular flexibility index (Phi) is 4.95. The fraction of sp³-hybridized carbons (Fsp3) is 0.235. The summed E-state index contributed by atoms with van der Waals surface area (Å²) >= 11 is 0. The van der Waals surface area contributed by atoms with Crippen LogP contribution in [0.15, 0.2) is 42.5 Å². The summed E-state index contributed by atoms with van der Waals surface area (Å²) < 4.78 is 5.25. The maximum atomic E-state index is 12.3. The minimum atomic E-state index is -1.10. The summed E-state index contributed by atoms with van der Waals surface area (Å²) in [5.41, 5.74) is 5.26. The average Bonchev–Trinajstić information content (AvgIpc) is 2.50. The molecule has 0 spiro atoms. The molecule has 120 valence electrons. The van der Waals surface area contributed by atoms with Crippen molar-refractivity contribution in [3.05, 3.63) is 48.0 Å². The number of imide groups is 1. The molecule has 23 heavy (non-hydrogen) atoms. The summed E-state index contributed by atoms with van der Waals surface area (Å²) in [6.07, 6.45) is -1.10. The van der Waals surface area contributed by atoms with Gasteiger partial charge in [-0.3, -0.25) is 10.1 Å². The Balaban J connectivity index is 2.19. The fourth-order valence-corrected chi connectivity index (χ4v) is 2.18. The molecule has 0 aliphatic rings. The van der Waals surface area contributed by atoms with Crippen LogP contribution in [0.1, 0.15) is 24.2 Å². The van der Waals surface area contributed by atoms with E-state index in [-0.39, 0.29) is 5.92 Å². The van der Waals surface area contributed by atoms with E-state index in [0.717, 1.165) is 10.8 Å². The Bertz CT molecular complexity index is 755. The van der Waals surface area contributed by atoms with Crippen LogP contribution in [0.4, 0.5) is 4.79 Å². The highest BCUT2D eigenvalue weighted by atomic mass is 16.5. The zero-order valence-electron chi connectivity index (χ0n) is 12.9. The SMILES string of the molecule is CC(C)[C@@H](OC(=O)c1ccc2ccccc2c1)C(=O)NC(N)=O. The second-order valence-corrected chi connectivity index (χ2v) is 5.49.